The monoisotopic (exact) mass is 435 g/mol. The second-order valence-corrected chi connectivity index (χ2v) is 8.54. The van der Waals surface area contributed by atoms with E-state index < -0.39 is 0 Å². The van der Waals surface area contributed by atoms with Crippen LogP contribution in [0, 0.1) is 5.92 Å². The van der Waals surface area contributed by atoms with Gasteiger partial charge in [0.05, 0.1) is 18.9 Å². The quantitative estimate of drug-likeness (QED) is 0.557. The van der Waals surface area contributed by atoms with Gasteiger partial charge in [-0.3, -0.25) is 4.79 Å². The van der Waals surface area contributed by atoms with Gasteiger partial charge < -0.3 is 10.1 Å². The Morgan fingerprint density at radius 1 is 1.12 bits per heavy atom. The van der Waals surface area contributed by atoms with Crippen molar-refractivity contribution in [2.45, 2.75) is 32.1 Å². The molecule has 0 bridgehead atoms. The van der Waals surface area contributed by atoms with Crippen molar-refractivity contribution < 1.29 is 9.53 Å². The molecule has 0 aliphatic carbocycles. The van der Waals surface area contributed by atoms with Gasteiger partial charge in [0.2, 0.25) is 5.91 Å². The average molecular weight is 436 g/mol. The normalized spacial score (nSPS) is 12.0. The van der Waals surface area contributed by atoms with Crippen LogP contribution in [-0.2, 0) is 10.5 Å². The Balaban J connectivity index is 1.89. The van der Waals surface area contributed by atoms with Gasteiger partial charge in [-0.05, 0) is 47.7 Å². The zero-order valence-corrected chi connectivity index (χ0v) is 17.9. The molecule has 26 heavy (non-hydrogen) atoms. The van der Waals surface area contributed by atoms with Gasteiger partial charge in [-0.25, -0.2) is 0 Å². The molecule has 0 heterocycles. The van der Waals surface area contributed by atoms with Crippen LogP contribution in [0.2, 0.25) is 0 Å². The first kappa shape index (κ1) is 20.8. The number of nitrogens with one attached hydrogen (secondary N) is 1. The number of thioether (sulfide) groups is 1. The molecule has 140 valence electrons. The molecule has 0 aliphatic heterocycles. The Morgan fingerprint density at radius 2 is 1.77 bits per heavy atom. The predicted molar refractivity (Wildman–Crippen MR) is 114 cm³/mol. The molecule has 2 aromatic carbocycles. The number of hydrogen-bond donors (Lipinski definition) is 1. The third-order valence-electron chi connectivity index (χ3n) is 3.98. The van der Waals surface area contributed by atoms with Gasteiger partial charge in [0.25, 0.3) is 0 Å². The van der Waals surface area contributed by atoms with Crippen LogP contribution < -0.4 is 10.1 Å². The van der Waals surface area contributed by atoms with E-state index in [2.05, 4.69) is 47.2 Å². The van der Waals surface area contributed by atoms with Crippen LogP contribution in [0.4, 0.5) is 0 Å². The number of carbonyl (C=O) groups is 1. The third kappa shape index (κ3) is 7.04. The van der Waals surface area contributed by atoms with Crippen molar-refractivity contribution in [3.05, 3.63) is 64.1 Å². The van der Waals surface area contributed by atoms with E-state index in [0.29, 0.717) is 11.7 Å². The maximum atomic E-state index is 12.4. The standard InChI is InChI=1S/C21H26BrNO2S/c1-15(2)12-20(17-6-10-19(25-3)11-7-17)23-21(24)14-26-13-16-4-8-18(22)9-5-16/h4-11,15,20H,12-14H2,1-3H3,(H,23,24). The highest BCUT2D eigenvalue weighted by atomic mass is 79.9. The summed E-state index contributed by atoms with van der Waals surface area (Å²) in [6, 6.07) is 16.2. The minimum Gasteiger partial charge on any atom is -0.497 e. The zero-order chi connectivity index (χ0) is 18.9. The van der Waals surface area contributed by atoms with Gasteiger partial charge in [0, 0.05) is 10.2 Å². The number of hydrogen-bond acceptors (Lipinski definition) is 3. The minimum absolute atomic E-state index is 0.0293. The highest BCUT2D eigenvalue weighted by molar-refractivity contribution is 9.10. The lowest BCUT2D eigenvalue weighted by Crippen LogP contribution is -2.30. The maximum absolute atomic E-state index is 12.4. The fraction of sp³-hybridized carbons (Fsp3) is 0.381. The molecule has 0 aliphatic rings. The SMILES string of the molecule is COc1ccc(C(CC(C)C)NC(=O)CSCc2ccc(Br)cc2)cc1. The fourth-order valence-electron chi connectivity index (χ4n) is 2.66. The number of ether oxygens (including phenoxy) is 1. The van der Waals surface area contributed by atoms with E-state index in [-0.39, 0.29) is 11.9 Å². The van der Waals surface area contributed by atoms with E-state index in [1.165, 1.54) is 5.56 Å². The third-order valence-corrected chi connectivity index (χ3v) is 5.51. The Morgan fingerprint density at radius 3 is 2.35 bits per heavy atom. The van der Waals surface area contributed by atoms with Crippen molar-refractivity contribution in [3.8, 4) is 5.75 Å². The summed E-state index contributed by atoms with van der Waals surface area (Å²) >= 11 is 5.07. The van der Waals surface area contributed by atoms with Gasteiger partial charge in [-0.1, -0.05) is 54.0 Å². The molecule has 2 aromatic rings. The lowest BCUT2D eigenvalue weighted by molar-refractivity contribution is -0.119. The van der Waals surface area contributed by atoms with E-state index >= 15 is 0 Å². The fourth-order valence-corrected chi connectivity index (χ4v) is 3.73. The lowest BCUT2D eigenvalue weighted by Gasteiger charge is -2.21. The van der Waals surface area contributed by atoms with Gasteiger partial charge >= 0.3 is 0 Å². The average Bonchev–Trinajstić information content (AvgIpc) is 2.62. The summed E-state index contributed by atoms with van der Waals surface area (Å²) in [5, 5.41) is 3.19. The molecule has 5 heteroatoms. The summed E-state index contributed by atoms with van der Waals surface area (Å²) < 4.78 is 6.29. The van der Waals surface area contributed by atoms with E-state index in [1.54, 1.807) is 18.9 Å². The molecule has 2 rings (SSSR count). The van der Waals surface area contributed by atoms with Gasteiger partial charge in [-0.2, -0.15) is 0 Å². The van der Waals surface area contributed by atoms with Crippen molar-refractivity contribution in [1.82, 2.24) is 5.32 Å². The molecule has 0 spiro atoms. The number of benzene rings is 2. The summed E-state index contributed by atoms with van der Waals surface area (Å²) in [5.74, 6) is 2.69. The van der Waals surface area contributed by atoms with Crippen LogP contribution in [0.5, 0.6) is 5.75 Å². The Hall–Kier alpha value is -1.46. The number of halogens is 1. The van der Waals surface area contributed by atoms with E-state index in [9.17, 15) is 4.79 Å². The van der Waals surface area contributed by atoms with Crippen LogP contribution >= 0.6 is 27.7 Å². The van der Waals surface area contributed by atoms with Crippen LogP contribution in [0.15, 0.2) is 53.0 Å². The Bertz CT molecular complexity index is 686. The van der Waals surface area contributed by atoms with Gasteiger partial charge in [0.15, 0.2) is 0 Å². The van der Waals surface area contributed by atoms with Crippen molar-refractivity contribution in [2.24, 2.45) is 5.92 Å². The highest BCUT2D eigenvalue weighted by Crippen LogP contribution is 2.24. The van der Waals surface area contributed by atoms with Crippen LogP contribution in [0.1, 0.15) is 37.4 Å². The van der Waals surface area contributed by atoms with Crippen LogP contribution in [0.3, 0.4) is 0 Å². The molecule has 0 saturated heterocycles. The van der Waals surface area contributed by atoms with Crippen molar-refractivity contribution >= 4 is 33.6 Å². The van der Waals surface area contributed by atoms with Crippen molar-refractivity contribution in [1.29, 1.82) is 0 Å². The summed E-state index contributed by atoms with van der Waals surface area (Å²) in [6.45, 7) is 4.34. The molecule has 1 unspecified atom stereocenters. The van der Waals surface area contributed by atoms with Crippen LogP contribution in [0.25, 0.3) is 0 Å². The first-order chi connectivity index (χ1) is 12.5. The molecule has 0 aromatic heterocycles. The Kier molecular flexibility index (Phi) is 8.52. The highest BCUT2D eigenvalue weighted by Gasteiger charge is 2.16. The molecular formula is C21H26BrNO2S. The number of rotatable bonds is 9. The van der Waals surface area contributed by atoms with Crippen molar-refractivity contribution in [2.75, 3.05) is 12.9 Å². The molecule has 0 saturated carbocycles. The first-order valence-corrected chi connectivity index (χ1v) is 10.7. The van der Waals surface area contributed by atoms with Gasteiger partial charge in [0.1, 0.15) is 5.75 Å². The largest absolute Gasteiger partial charge is 0.497 e. The number of amides is 1. The molecular weight excluding hydrogens is 410 g/mol. The number of carbonyl (C=O) groups excluding carboxylic acids is 1. The second kappa shape index (κ2) is 10.6. The zero-order valence-electron chi connectivity index (χ0n) is 15.5. The maximum Gasteiger partial charge on any atom is 0.230 e. The second-order valence-electron chi connectivity index (χ2n) is 6.64. The predicted octanol–water partition coefficient (Wildman–Crippen LogP) is 5.59. The van der Waals surface area contributed by atoms with Gasteiger partial charge in [-0.15, -0.1) is 11.8 Å². The molecule has 0 fully saturated rings. The molecule has 1 atom stereocenters. The topological polar surface area (TPSA) is 38.3 Å². The summed E-state index contributed by atoms with van der Waals surface area (Å²) in [5.41, 5.74) is 2.34. The molecule has 3 nitrogen and oxygen atoms in total. The summed E-state index contributed by atoms with van der Waals surface area (Å²) in [7, 11) is 1.66. The lowest BCUT2D eigenvalue weighted by atomic mass is 9.97. The minimum atomic E-state index is 0.0293. The molecule has 1 amide bonds. The van der Waals surface area contributed by atoms with Crippen LogP contribution in [-0.4, -0.2) is 18.8 Å². The Labute approximate surface area is 169 Å². The van der Waals surface area contributed by atoms with E-state index in [1.807, 2.05) is 36.4 Å². The van der Waals surface area contributed by atoms with E-state index in [4.69, 9.17) is 4.74 Å². The number of methoxy groups -OCH3 is 1. The van der Waals surface area contributed by atoms with Crippen molar-refractivity contribution in [3.63, 3.8) is 0 Å². The summed E-state index contributed by atoms with van der Waals surface area (Å²) in [4.78, 5) is 12.4. The smallest absolute Gasteiger partial charge is 0.230 e. The van der Waals surface area contributed by atoms with E-state index in [0.717, 1.165) is 28.0 Å². The molecule has 1 N–H and O–H groups in total. The summed E-state index contributed by atoms with van der Waals surface area (Å²) in [6.07, 6.45) is 0.912. The first-order valence-electron chi connectivity index (χ1n) is 8.73. The molecule has 0 radical (unpaired) electrons.